The highest BCUT2D eigenvalue weighted by Gasteiger charge is 2.13. The van der Waals surface area contributed by atoms with Crippen molar-refractivity contribution in [2.75, 3.05) is 31.1 Å². The van der Waals surface area contributed by atoms with E-state index in [1.165, 1.54) is 5.56 Å². The van der Waals surface area contributed by atoms with Gasteiger partial charge in [0.1, 0.15) is 0 Å². The van der Waals surface area contributed by atoms with E-state index in [0.29, 0.717) is 0 Å². The Hall–Kier alpha value is -1.94. The Labute approximate surface area is 119 Å². The average molecular weight is 268 g/mol. The van der Waals surface area contributed by atoms with Gasteiger partial charge < -0.3 is 10.2 Å². The summed E-state index contributed by atoms with van der Waals surface area (Å²) in [4.78, 5) is 11.4. The Balaban J connectivity index is 1.85. The molecule has 4 nitrogen and oxygen atoms in total. The van der Waals surface area contributed by atoms with Gasteiger partial charge in [0.2, 0.25) is 5.95 Å². The molecule has 2 aromatic rings. The first-order valence-electron chi connectivity index (χ1n) is 7.25. The van der Waals surface area contributed by atoms with Crippen molar-refractivity contribution in [1.82, 2.24) is 15.3 Å². The van der Waals surface area contributed by atoms with Crippen LogP contribution in [0.4, 0.5) is 5.95 Å². The fourth-order valence-corrected chi connectivity index (χ4v) is 2.44. The summed E-state index contributed by atoms with van der Waals surface area (Å²) >= 11 is 0. The zero-order chi connectivity index (χ0) is 13.8. The van der Waals surface area contributed by atoms with Crippen LogP contribution in [0.3, 0.4) is 0 Å². The Morgan fingerprint density at radius 3 is 2.55 bits per heavy atom. The fourth-order valence-electron chi connectivity index (χ4n) is 2.44. The molecule has 0 bridgehead atoms. The SMILES string of the molecule is CCc1ccc(-c2ccnc(N3CCNCC3)n2)cc1. The van der Waals surface area contributed by atoms with Crippen molar-refractivity contribution in [3.63, 3.8) is 0 Å². The monoisotopic (exact) mass is 268 g/mol. The molecule has 0 saturated carbocycles. The Bertz CT molecular complexity index is 559. The van der Waals surface area contributed by atoms with Crippen molar-refractivity contribution < 1.29 is 0 Å². The number of hydrogen-bond donors (Lipinski definition) is 1. The Morgan fingerprint density at radius 1 is 1.10 bits per heavy atom. The first kappa shape index (κ1) is 13.1. The van der Waals surface area contributed by atoms with Crippen molar-refractivity contribution >= 4 is 5.95 Å². The molecule has 1 aromatic heterocycles. The predicted octanol–water partition coefficient (Wildman–Crippen LogP) is 2.12. The zero-order valence-electron chi connectivity index (χ0n) is 11.8. The second-order valence-electron chi connectivity index (χ2n) is 5.03. The number of nitrogens with one attached hydrogen (secondary N) is 1. The van der Waals surface area contributed by atoms with Crippen LogP contribution >= 0.6 is 0 Å². The van der Waals surface area contributed by atoms with Crippen LogP contribution in [0.2, 0.25) is 0 Å². The van der Waals surface area contributed by atoms with Gasteiger partial charge in [-0.2, -0.15) is 0 Å². The molecular weight excluding hydrogens is 248 g/mol. The van der Waals surface area contributed by atoms with Crippen molar-refractivity contribution in [3.8, 4) is 11.3 Å². The van der Waals surface area contributed by atoms with E-state index in [0.717, 1.165) is 49.8 Å². The first-order chi connectivity index (χ1) is 9.86. The second kappa shape index (κ2) is 6.01. The van der Waals surface area contributed by atoms with E-state index < -0.39 is 0 Å². The molecule has 1 aromatic carbocycles. The van der Waals surface area contributed by atoms with Crippen LogP contribution in [0, 0.1) is 0 Å². The lowest BCUT2D eigenvalue weighted by Gasteiger charge is -2.27. The summed E-state index contributed by atoms with van der Waals surface area (Å²) in [7, 11) is 0. The van der Waals surface area contributed by atoms with Gasteiger partial charge in [0.15, 0.2) is 0 Å². The fraction of sp³-hybridized carbons (Fsp3) is 0.375. The van der Waals surface area contributed by atoms with Crippen LogP contribution in [0.1, 0.15) is 12.5 Å². The summed E-state index contributed by atoms with van der Waals surface area (Å²) in [6, 6.07) is 10.6. The van der Waals surface area contributed by atoms with Gasteiger partial charge in [0, 0.05) is 37.9 Å². The lowest BCUT2D eigenvalue weighted by molar-refractivity contribution is 0.580. The van der Waals surface area contributed by atoms with Crippen molar-refractivity contribution in [2.24, 2.45) is 0 Å². The van der Waals surface area contributed by atoms with Crippen LogP contribution in [0.5, 0.6) is 0 Å². The van der Waals surface area contributed by atoms with E-state index in [2.05, 4.69) is 46.4 Å². The molecule has 1 aliphatic rings. The molecule has 1 saturated heterocycles. The molecule has 0 amide bonds. The molecule has 104 valence electrons. The van der Waals surface area contributed by atoms with E-state index >= 15 is 0 Å². The van der Waals surface area contributed by atoms with Gasteiger partial charge in [-0.05, 0) is 18.1 Å². The molecule has 2 heterocycles. The molecule has 1 aliphatic heterocycles. The van der Waals surface area contributed by atoms with Gasteiger partial charge >= 0.3 is 0 Å². The normalized spacial score (nSPS) is 15.3. The van der Waals surface area contributed by atoms with Crippen LogP contribution < -0.4 is 10.2 Å². The molecule has 0 atom stereocenters. The topological polar surface area (TPSA) is 41.1 Å². The van der Waals surface area contributed by atoms with Gasteiger partial charge in [-0.15, -0.1) is 0 Å². The van der Waals surface area contributed by atoms with E-state index in [1.807, 2.05) is 12.3 Å². The molecule has 0 radical (unpaired) electrons. The minimum atomic E-state index is 0.837. The molecule has 20 heavy (non-hydrogen) atoms. The van der Waals surface area contributed by atoms with Crippen molar-refractivity contribution in [2.45, 2.75) is 13.3 Å². The molecule has 3 rings (SSSR count). The van der Waals surface area contributed by atoms with Crippen molar-refractivity contribution in [3.05, 3.63) is 42.1 Å². The molecule has 1 N–H and O–H groups in total. The van der Waals surface area contributed by atoms with Gasteiger partial charge in [-0.1, -0.05) is 31.2 Å². The van der Waals surface area contributed by atoms with Crippen molar-refractivity contribution in [1.29, 1.82) is 0 Å². The number of nitrogens with zero attached hydrogens (tertiary/aromatic N) is 3. The number of piperazine rings is 1. The van der Waals surface area contributed by atoms with Crippen LogP contribution in [0.15, 0.2) is 36.5 Å². The number of rotatable bonds is 3. The molecule has 0 spiro atoms. The largest absolute Gasteiger partial charge is 0.338 e. The number of benzene rings is 1. The van der Waals surface area contributed by atoms with E-state index in [4.69, 9.17) is 4.98 Å². The molecular formula is C16H20N4. The minimum Gasteiger partial charge on any atom is -0.338 e. The zero-order valence-corrected chi connectivity index (χ0v) is 11.8. The lowest BCUT2D eigenvalue weighted by atomic mass is 10.1. The highest BCUT2D eigenvalue weighted by atomic mass is 15.3. The smallest absolute Gasteiger partial charge is 0.225 e. The number of aromatic nitrogens is 2. The predicted molar refractivity (Wildman–Crippen MR) is 81.9 cm³/mol. The molecule has 0 unspecified atom stereocenters. The number of hydrogen-bond acceptors (Lipinski definition) is 4. The third-order valence-corrected chi connectivity index (χ3v) is 3.70. The highest BCUT2D eigenvalue weighted by Crippen LogP contribution is 2.20. The molecule has 0 aliphatic carbocycles. The summed E-state index contributed by atoms with van der Waals surface area (Å²) in [6.45, 7) is 6.11. The lowest BCUT2D eigenvalue weighted by Crippen LogP contribution is -2.44. The Kier molecular flexibility index (Phi) is 3.92. The standard InChI is InChI=1S/C16H20N4/c1-2-13-3-5-14(6-4-13)15-7-8-18-16(19-15)20-11-9-17-10-12-20/h3-8,17H,2,9-12H2,1H3. The Morgan fingerprint density at radius 2 is 1.85 bits per heavy atom. The van der Waals surface area contributed by atoms with Crippen LogP contribution in [-0.2, 0) is 6.42 Å². The molecule has 1 fully saturated rings. The van der Waals surface area contributed by atoms with E-state index in [9.17, 15) is 0 Å². The maximum Gasteiger partial charge on any atom is 0.225 e. The average Bonchev–Trinajstić information content (AvgIpc) is 2.56. The van der Waals surface area contributed by atoms with Crippen LogP contribution in [0.25, 0.3) is 11.3 Å². The summed E-state index contributed by atoms with van der Waals surface area (Å²) in [5.41, 5.74) is 3.50. The van der Waals surface area contributed by atoms with Crippen LogP contribution in [-0.4, -0.2) is 36.1 Å². The van der Waals surface area contributed by atoms with E-state index in [-0.39, 0.29) is 0 Å². The number of aryl methyl sites for hydroxylation is 1. The van der Waals surface area contributed by atoms with Gasteiger partial charge in [-0.3, -0.25) is 0 Å². The maximum atomic E-state index is 4.71. The number of anilines is 1. The first-order valence-corrected chi connectivity index (χ1v) is 7.25. The molecule has 4 heteroatoms. The third kappa shape index (κ3) is 2.80. The highest BCUT2D eigenvalue weighted by molar-refractivity contribution is 5.60. The summed E-state index contributed by atoms with van der Waals surface area (Å²) in [5.74, 6) is 0.837. The quantitative estimate of drug-likeness (QED) is 0.925. The summed E-state index contributed by atoms with van der Waals surface area (Å²) < 4.78 is 0. The second-order valence-corrected chi connectivity index (χ2v) is 5.03. The van der Waals surface area contributed by atoms with E-state index in [1.54, 1.807) is 0 Å². The van der Waals surface area contributed by atoms with Gasteiger partial charge in [0.05, 0.1) is 5.69 Å². The minimum absolute atomic E-state index is 0.837. The third-order valence-electron chi connectivity index (χ3n) is 3.70. The maximum absolute atomic E-state index is 4.71. The summed E-state index contributed by atoms with van der Waals surface area (Å²) in [5, 5.41) is 3.35. The van der Waals surface area contributed by atoms with Gasteiger partial charge in [0.25, 0.3) is 0 Å². The van der Waals surface area contributed by atoms with Gasteiger partial charge in [-0.25, -0.2) is 9.97 Å². The summed E-state index contributed by atoms with van der Waals surface area (Å²) in [6.07, 6.45) is 2.92.